The van der Waals surface area contributed by atoms with Crippen molar-refractivity contribution in [3.05, 3.63) is 35.4 Å². The van der Waals surface area contributed by atoms with Crippen LogP contribution in [0.25, 0.3) is 6.08 Å². The smallest absolute Gasteiger partial charge is 0.308 e. The summed E-state index contributed by atoms with van der Waals surface area (Å²) in [6, 6.07) is 3.52. The molecule has 74 valence electrons. The van der Waals surface area contributed by atoms with Crippen LogP contribution in [0.1, 0.15) is 11.1 Å². The molecule has 1 aromatic carbocycles. The van der Waals surface area contributed by atoms with Crippen LogP contribution in [0.4, 0.5) is 13.2 Å². The normalized spacial score (nSPS) is 23.2. The number of hydrogen-bond acceptors (Lipinski definition) is 1. The van der Waals surface area contributed by atoms with Crippen molar-refractivity contribution in [2.45, 2.75) is 12.1 Å². The Morgan fingerprint density at radius 2 is 2.00 bits per heavy atom. The second-order valence-electron chi connectivity index (χ2n) is 3.16. The summed E-state index contributed by atoms with van der Waals surface area (Å²) in [5.74, 6) is -3.84. The average Bonchev–Trinajstić information content (AvgIpc) is 2.13. The highest BCUT2D eigenvalue weighted by Crippen LogP contribution is 2.41. The van der Waals surface area contributed by atoms with Crippen LogP contribution in [-0.2, 0) is 5.92 Å². The molecule has 4 heteroatoms. The lowest BCUT2D eigenvalue weighted by atomic mass is 9.92. The Bertz CT molecular complexity index is 398. The Hall–Kier alpha value is -1.45. The Morgan fingerprint density at radius 1 is 1.29 bits per heavy atom. The van der Waals surface area contributed by atoms with Crippen LogP contribution in [0.2, 0.25) is 0 Å². The molecule has 0 aliphatic heterocycles. The first-order chi connectivity index (χ1) is 6.51. The molecule has 1 N–H and O–H groups in total. The van der Waals surface area contributed by atoms with Gasteiger partial charge in [-0.25, -0.2) is 4.39 Å². The number of phenols is 1. The van der Waals surface area contributed by atoms with E-state index in [1.165, 1.54) is 18.2 Å². The number of hydrogen-bond donors (Lipinski definition) is 1. The highest BCUT2D eigenvalue weighted by molar-refractivity contribution is 5.60. The first-order valence-electron chi connectivity index (χ1n) is 4.05. The van der Waals surface area contributed by atoms with Crippen LogP contribution in [-0.4, -0.2) is 11.3 Å². The lowest BCUT2D eigenvalue weighted by Gasteiger charge is -2.24. The van der Waals surface area contributed by atoms with Gasteiger partial charge in [0.1, 0.15) is 5.75 Å². The standard InChI is InChI=1S/C10H7F3O/c11-9-4-2-6-1-3-7(14)5-8(6)10(9,12)13/h1-5,9,14H. The number of alkyl halides is 3. The highest BCUT2D eigenvalue weighted by atomic mass is 19.3. The van der Waals surface area contributed by atoms with Gasteiger partial charge in [0, 0.05) is 5.56 Å². The summed E-state index contributed by atoms with van der Waals surface area (Å²) in [6.07, 6.45) is -0.215. The van der Waals surface area contributed by atoms with Crippen LogP contribution >= 0.6 is 0 Å². The zero-order valence-corrected chi connectivity index (χ0v) is 7.05. The van der Waals surface area contributed by atoms with Crippen molar-refractivity contribution in [2.24, 2.45) is 0 Å². The van der Waals surface area contributed by atoms with E-state index in [1.54, 1.807) is 0 Å². The zero-order valence-electron chi connectivity index (χ0n) is 7.05. The third-order valence-corrected chi connectivity index (χ3v) is 2.19. The van der Waals surface area contributed by atoms with Crippen LogP contribution < -0.4 is 0 Å². The molecule has 0 amide bonds. The van der Waals surface area contributed by atoms with Gasteiger partial charge in [-0.3, -0.25) is 0 Å². The Morgan fingerprint density at radius 3 is 2.71 bits per heavy atom. The SMILES string of the molecule is Oc1ccc2c(c1)C(F)(F)C(F)C=C2. The molecule has 1 aromatic rings. The maximum absolute atomic E-state index is 13.2. The molecule has 1 aliphatic rings. The monoisotopic (exact) mass is 200 g/mol. The van der Waals surface area contributed by atoms with E-state index >= 15 is 0 Å². The lowest BCUT2D eigenvalue weighted by molar-refractivity contribution is -0.0611. The molecule has 2 rings (SSSR count). The number of phenolic OH excluding ortho intramolecular Hbond substituents is 1. The molecule has 1 aliphatic carbocycles. The van der Waals surface area contributed by atoms with Crippen LogP contribution in [0, 0.1) is 0 Å². The van der Waals surface area contributed by atoms with Gasteiger partial charge in [0.15, 0.2) is 6.17 Å². The minimum absolute atomic E-state index is 0.238. The Labute approximate surface area is 78.5 Å². The van der Waals surface area contributed by atoms with Gasteiger partial charge >= 0.3 is 5.92 Å². The second kappa shape index (κ2) is 2.77. The van der Waals surface area contributed by atoms with Crippen molar-refractivity contribution < 1.29 is 18.3 Å². The van der Waals surface area contributed by atoms with Gasteiger partial charge in [0.05, 0.1) is 0 Å². The van der Waals surface area contributed by atoms with Crippen molar-refractivity contribution in [1.29, 1.82) is 0 Å². The first kappa shape index (κ1) is 9.12. The predicted molar refractivity (Wildman–Crippen MR) is 45.9 cm³/mol. The van der Waals surface area contributed by atoms with Gasteiger partial charge in [-0.15, -0.1) is 0 Å². The maximum atomic E-state index is 13.2. The third kappa shape index (κ3) is 1.18. The van der Waals surface area contributed by atoms with E-state index in [9.17, 15) is 13.2 Å². The minimum atomic E-state index is -3.55. The largest absolute Gasteiger partial charge is 0.508 e. The molecule has 0 saturated heterocycles. The lowest BCUT2D eigenvalue weighted by Crippen LogP contribution is -2.28. The van der Waals surface area contributed by atoms with Crippen molar-refractivity contribution in [2.75, 3.05) is 0 Å². The molecule has 1 nitrogen and oxygen atoms in total. The molecular formula is C10H7F3O. The van der Waals surface area contributed by atoms with E-state index in [2.05, 4.69) is 0 Å². The first-order valence-corrected chi connectivity index (χ1v) is 4.05. The average molecular weight is 200 g/mol. The summed E-state index contributed by atoms with van der Waals surface area (Å²) in [5, 5.41) is 9.03. The number of rotatable bonds is 0. The molecule has 0 spiro atoms. The summed E-state index contributed by atoms with van der Waals surface area (Å²) < 4.78 is 39.3. The number of halogens is 3. The van der Waals surface area contributed by atoms with E-state index < -0.39 is 17.7 Å². The van der Waals surface area contributed by atoms with Crippen molar-refractivity contribution in [3.63, 3.8) is 0 Å². The van der Waals surface area contributed by atoms with Gasteiger partial charge in [-0.1, -0.05) is 12.1 Å². The Kier molecular flexibility index (Phi) is 1.80. The number of allylic oxidation sites excluding steroid dienone is 1. The second-order valence-corrected chi connectivity index (χ2v) is 3.16. The van der Waals surface area contributed by atoms with Crippen LogP contribution in [0.15, 0.2) is 24.3 Å². The number of fused-ring (bicyclic) bond motifs is 1. The predicted octanol–water partition coefficient (Wildman–Crippen LogP) is 2.85. The number of aromatic hydroxyl groups is 1. The molecule has 0 fully saturated rings. The fourth-order valence-corrected chi connectivity index (χ4v) is 1.44. The summed E-state index contributed by atoms with van der Waals surface area (Å²) in [6.45, 7) is 0. The molecule has 0 bridgehead atoms. The number of benzene rings is 1. The van der Waals surface area contributed by atoms with E-state index in [4.69, 9.17) is 5.11 Å². The molecule has 0 saturated carbocycles. The van der Waals surface area contributed by atoms with E-state index in [0.717, 1.165) is 12.1 Å². The fourth-order valence-electron chi connectivity index (χ4n) is 1.44. The van der Waals surface area contributed by atoms with Crippen LogP contribution in [0.3, 0.4) is 0 Å². The van der Waals surface area contributed by atoms with Crippen molar-refractivity contribution in [1.82, 2.24) is 0 Å². The van der Waals surface area contributed by atoms with Gasteiger partial charge in [-0.2, -0.15) is 8.78 Å². The molecular weight excluding hydrogens is 193 g/mol. The molecule has 1 unspecified atom stereocenters. The zero-order chi connectivity index (χ0) is 10.3. The summed E-state index contributed by atoms with van der Waals surface area (Å²) in [7, 11) is 0. The maximum Gasteiger partial charge on any atom is 0.308 e. The molecule has 0 heterocycles. The highest BCUT2D eigenvalue weighted by Gasteiger charge is 2.44. The summed E-state index contributed by atoms with van der Waals surface area (Å²) in [4.78, 5) is 0. The summed E-state index contributed by atoms with van der Waals surface area (Å²) >= 11 is 0. The quantitative estimate of drug-likeness (QED) is 0.682. The van der Waals surface area contributed by atoms with E-state index in [0.29, 0.717) is 0 Å². The van der Waals surface area contributed by atoms with E-state index in [-0.39, 0.29) is 11.3 Å². The van der Waals surface area contributed by atoms with Gasteiger partial charge in [0.2, 0.25) is 0 Å². The van der Waals surface area contributed by atoms with Crippen LogP contribution in [0.5, 0.6) is 5.75 Å². The van der Waals surface area contributed by atoms with Crippen molar-refractivity contribution >= 4 is 6.08 Å². The van der Waals surface area contributed by atoms with Gasteiger partial charge in [0.25, 0.3) is 0 Å². The van der Waals surface area contributed by atoms with E-state index in [1.807, 2.05) is 0 Å². The fraction of sp³-hybridized carbons (Fsp3) is 0.200. The molecule has 1 atom stereocenters. The van der Waals surface area contributed by atoms with Gasteiger partial charge < -0.3 is 5.11 Å². The molecule has 14 heavy (non-hydrogen) atoms. The van der Waals surface area contributed by atoms with Gasteiger partial charge in [-0.05, 0) is 23.8 Å². The van der Waals surface area contributed by atoms with Crippen molar-refractivity contribution in [3.8, 4) is 5.75 Å². The Balaban J connectivity index is 2.63. The summed E-state index contributed by atoms with van der Waals surface area (Å²) in [5.41, 5.74) is -0.228. The minimum Gasteiger partial charge on any atom is -0.508 e. The molecule has 0 radical (unpaired) electrons. The third-order valence-electron chi connectivity index (χ3n) is 2.19. The topological polar surface area (TPSA) is 20.2 Å². The molecule has 0 aromatic heterocycles.